The van der Waals surface area contributed by atoms with Gasteiger partial charge in [-0.25, -0.2) is 10.2 Å². The highest BCUT2D eigenvalue weighted by molar-refractivity contribution is 5.90. The van der Waals surface area contributed by atoms with Crippen molar-refractivity contribution in [3.63, 3.8) is 0 Å². The molecule has 0 radical (unpaired) electrons. The molecule has 2 atom stereocenters. The van der Waals surface area contributed by atoms with E-state index < -0.39 is 0 Å². The Bertz CT molecular complexity index is 868. The van der Waals surface area contributed by atoms with Crippen molar-refractivity contribution in [3.05, 3.63) is 72.1 Å². The van der Waals surface area contributed by atoms with Gasteiger partial charge in [-0.05, 0) is 30.2 Å². The summed E-state index contributed by atoms with van der Waals surface area (Å²) in [6, 6.07) is 17.4. The molecule has 0 spiro atoms. The van der Waals surface area contributed by atoms with Gasteiger partial charge in [0.05, 0.1) is 11.6 Å². The molecular weight excluding hydrogens is 332 g/mol. The van der Waals surface area contributed by atoms with Gasteiger partial charge in [0, 0.05) is 11.6 Å². The lowest BCUT2D eigenvalue weighted by molar-refractivity contribution is 0.0470. The quantitative estimate of drug-likeness (QED) is 0.683. The Balaban J connectivity index is 1.34. The summed E-state index contributed by atoms with van der Waals surface area (Å²) in [4.78, 5) is 12.3. The third-order valence-corrected chi connectivity index (χ3v) is 4.30. The van der Waals surface area contributed by atoms with Crippen LogP contribution in [0.25, 0.3) is 11.5 Å². The topological polar surface area (TPSA) is 89.3 Å². The summed E-state index contributed by atoms with van der Waals surface area (Å²) in [6.07, 6.45) is 2.10. The Morgan fingerprint density at radius 2 is 2.04 bits per heavy atom. The van der Waals surface area contributed by atoms with Crippen LogP contribution in [0.2, 0.25) is 0 Å². The molecule has 1 aliphatic rings. The van der Waals surface area contributed by atoms with Crippen molar-refractivity contribution in [1.82, 2.24) is 21.0 Å². The maximum Gasteiger partial charge on any atom is 0.338 e. The minimum absolute atomic E-state index is 0.0586. The molecule has 0 amide bonds. The second-order valence-electron chi connectivity index (χ2n) is 6.11. The van der Waals surface area contributed by atoms with Gasteiger partial charge in [0.25, 0.3) is 0 Å². The summed E-state index contributed by atoms with van der Waals surface area (Å²) in [5.41, 5.74) is 8.77. The first-order valence-corrected chi connectivity index (χ1v) is 8.39. The van der Waals surface area contributed by atoms with E-state index in [9.17, 15) is 4.79 Å². The molecule has 1 saturated heterocycles. The van der Waals surface area contributed by atoms with Crippen LogP contribution in [0.4, 0.5) is 0 Å². The predicted octanol–water partition coefficient (Wildman–Crippen LogP) is 2.50. The lowest BCUT2D eigenvalue weighted by atomic mass is 10.0. The van der Waals surface area contributed by atoms with Gasteiger partial charge in [0.1, 0.15) is 6.61 Å². The smallest absolute Gasteiger partial charge is 0.338 e. The van der Waals surface area contributed by atoms with Crippen LogP contribution in [0, 0.1) is 0 Å². The highest BCUT2D eigenvalue weighted by Crippen LogP contribution is 2.22. The molecule has 1 aliphatic heterocycles. The predicted molar refractivity (Wildman–Crippen MR) is 93.9 cm³/mol. The van der Waals surface area contributed by atoms with Gasteiger partial charge < -0.3 is 9.15 Å². The maximum absolute atomic E-state index is 12.3. The number of hydrazine groups is 1. The van der Waals surface area contributed by atoms with Crippen molar-refractivity contribution in [2.24, 2.45) is 0 Å². The van der Waals surface area contributed by atoms with Crippen molar-refractivity contribution in [2.75, 3.05) is 6.61 Å². The second kappa shape index (κ2) is 7.47. The van der Waals surface area contributed by atoms with Gasteiger partial charge in [-0.1, -0.05) is 36.4 Å². The van der Waals surface area contributed by atoms with E-state index in [0.29, 0.717) is 23.6 Å². The minimum atomic E-state index is -0.378. The fourth-order valence-corrected chi connectivity index (χ4v) is 2.97. The molecule has 132 valence electrons. The summed E-state index contributed by atoms with van der Waals surface area (Å²) < 4.78 is 10.6. The Morgan fingerprint density at radius 3 is 2.85 bits per heavy atom. The SMILES string of the molecule is O=C(OCC1CC(c2ccccc2)NN1)c1cccc(-c2nnco2)c1. The first-order valence-electron chi connectivity index (χ1n) is 8.39. The average Bonchev–Trinajstić information content (AvgIpc) is 3.39. The summed E-state index contributed by atoms with van der Waals surface area (Å²) in [7, 11) is 0. The number of esters is 1. The van der Waals surface area contributed by atoms with E-state index in [1.165, 1.54) is 12.0 Å². The highest BCUT2D eigenvalue weighted by Gasteiger charge is 2.26. The number of carbonyl (C=O) groups excluding carboxylic acids is 1. The molecule has 2 heterocycles. The van der Waals surface area contributed by atoms with E-state index >= 15 is 0 Å². The number of nitrogens with one attached hydrogen (secondary N) is 2. The van der Waals surface area contributed by atoms with Crippen LogP contribution in [-0.4, -0.2) is 28.8 Å². The zero-order chi connectivity index (χ0) is 17.8. The number of nitrogens with zero attached hydrogens (tertiary/aromatic N) is 2. The Morgan fingerprint density at radius 1 is 1.15 bits per heavy atom. The van der Waals surface area contributed by atoms with E-state index in [1.54, 1.807) is 24.3 Å². The highest BCUT2D eigenvalue weighted by atomic mass is 16.5. The van der Waals surface area contributed by atoms with Crippen LogP contribution in [0.1, 0.15) is 28.4 Å². The Kier molecular flexibility index (Phi) is 4.72. The number of ether oxygens (including phenoxy) is 1. The van der Waals surface area contributed by atoms with Crippen molar-refractivity contribution in [1.29, 1.82) is 0 Å². The Labute approximate surface area is 150 Å². The molecule has 2 N–H and O–H groups in total. The number of aromatic nitrogens is 2. The van der Waals surface area contributed by atoms with Crippen molar-refractivity contribution in [3.8, 4) is 11.5 Å². The van der Waals surface area contributed by atoms with Crippen molar-refractivity contribution >= 4 is 5.97 Å². The number of hydrogen-bond acceptors (Lipinski definition) is 7. The molecule has 7 nitrogen and oxygen atoms in total. The van der Waals surface area contributed by atoms with E-state index in [4.69, 9.17) is 9.15 Å². The number of carbonyl (C=O) groups is 1. The summed E-state index contributed by atoms with van der Waals surface area (Å²) >= 11 is 0. The van der Waals surface area contributed by atoms with Crippen LogP contribution in [0.5, 0.6) is 0 Å². The molecule has 2 unspecified atom stereocenters. The summed E-state index contributed by atoms with van der Waals surface area (Å²) in [5, 5.41) is 7.49. The molecule has 0 saturated carbocycles. The van der Waals surface area contributed by atoms with Gasteiger partial charge in [0.15, 0.2) is 0 Å². The monoisotopic (exact) mass is 350 g/mol. The zero-order valence-electron chi connectivity index (χ0n) is 14.0. The standard InChI is InChI=1S/C19H18N4O3/c24-19(15-8-4-7-14(9-15)18-23-20-12-26-18)25-11-16-10-17(22-21-16)13-5-2-1-3-6-13/h1-9,12,16-17,21-22H,10-11H2. The van der Waals surface area contributed by atoms with Gasteiger partial charge in [-0.15, -0.1) is 10.2 Å². The van der Waals surface area contributed by atoms with Gasteiger partial charge >= 0.3 is 5.97 Å². The van der Waals surface area contributed by atoms with Gasteiger partial charge in [-0.3, -0.25) is 5.43 Å². The van der Waals surface area contributed by atoms with E-state index in [0.717, 1.165) is 6.42 Å². The Hall–Kier alpha value is -3.03. The van der Waals surface area contributed by atoms with Crippen molar-refractivity contribution < 1.29 is 13.9 Å². The third-order valence-electron chi connectivity index (χ3n) is 4.30. The number of hydrogen-bond donors (Lipinski definition) is 2. The molecule has 4 rings (SSSR count). The molecule has 3 aromatic rings. The van der Waals surface area contributed by atoms with Crippen LogP contribution < -0.4 is 10.9 Å². The first kappa shape index (κ1) is 16.4. The minimum Gasteiger partial charge on any atom is -0.460 e. The average molecular weight is 350 g/mol. The summed E-state index contributed by atoms with van der Waals surface area (Å²) in [5.74, 6) is -0.0108. The fraction of sp³-hybridized carbons (Fsp3) is 0.211. The van der Waals surface area contributed by atoms with Gasteiger partial charge in [0.2, 0.25) is 12.3 Å². The van der Waals surface area contributed by atoms with E-state index in [1.807, 2.05) is 18.2 Å². The van der Waals surface area contributed by atoms with Crippen LogP contribution in [0.15, 0.2) is 65.4 Å². The summed E-state index contributed by atoms with van der Waals surface area (Å²) in [6.45, 7) is 0.292. The zero-order valence-corrected chi connectivity index (χ0v) is 14.0. The molecule has 7 heteroatoms. The third kappa shape index (κ3) is 3.63. The lowest BCUT2D eigenvalue weighted by Crippen LogP contribution is -2.34. The van der Waals surface area contributed by atoms with Crippen LogP contribution in [-0.2, 0) is 4.74 Å². The second-order valence-corrected chi connectivity index (χ2v) is 6.11. The van der Waals surface area contributed by atoms with Crippen molar-refractivity contribution in [2.45, 2.75) is 18.5 Å². The molecule has 2 aromatic carbocycles. The number of benzene rings is 2. The molecular formula is C19H18N4O3. The molecule has 1 aromatic heterocycles. The van der Waals surface area contributed by atoms with Crippen LogP contribution in [0.3, 0.4) is 0 Å². The largest absolute Gasteiger partial charge is 0.460 e. The van der Waals surface area contributed by atoms with Gasteiger partial charge in [-0.2, -0.15) is 0 Å². The molecule has 0 bridgehead atoms. The lowest BCUT2D eigenvalue weighted by Gasteiger charge is -2.11. The molecule has 26 heavy (non-hydrogen) atoms. The maximum atomic E-state index is 12.3. The van der Waals surface area contributed by atoms with E-state index in [-0.39, 0.29) is 18.1 Å². The first-order chi connectivity index (χ1) is 12.8. The van der Waals surface area contributed by atoms with E-state index in [2.05, 4.69) is 33.2 Å². The normalized spacial score (nSPS) is 19.4. The number of rotatable bonds is 5. The van der Waals surface area contributed by atoms with Crippen LogP contribution >= 0.6 is 0 Å². The molecule has 0 aliphatic carbocycles. The fourth-order valence-electron chi connectivity index (χ4n) is 2.97. The molecule has 1 fully saturated rings.